The summed E-state index contributed by atoms with van der Waals surface area (Å²) >= 11 is 0. The second kappa shape index (κ2) is 7.07. The van der Waals surface area contributed by atoms with E-state index in [0.29, 0.717) is 5.70 Å². The van der Waals surface area contributed by atoms with Gasteiger partial charge in [0, 0.05) is 5.70 Å². The van der Waals surface area contributed by atoms with Crippen LogP contribution in [-0.2, 0) is 9.53 Å². The number of carbonyl (C=O) groups excluding carboxylic acids is 2. The van der Waals surface area contributed by atoms with Crippen LogP contribution in [0.25, 0.3) is 0 Å². The number of ether oxygens (including phenoxy) is 1. The van der Waals surface area contributed by atoms with Crippen LogP contribution >= 0.6 is 0 Å². The first-order valence-corrected chi connectivity index (χ1v) is 8.58. The molecule has 2 aliphatic rings. The summed E-state index contributed by atoms with van der Waals surface area (Å²) < 4.78 is 5.72. The van der Waals surface area contributed by atoms with E-state index in [9.17, 15) is 9.59 Å². The molecule has 1 aliphatic carbocycles. The molecule has 1 aliphatic heterocycles. The second-order valence-electron chi connectivity index (χ2n) is 6.69. The number of benzene rings is 1. The smallest absolute Gasteiger partial charge is 0.319 e. The Morgan fingerprint density at radius 3 is 2.50 bits per heavy atom. The fourth-order valence-electron chi connectivity index (χ4n) is 3.43. The molecular formula is C19H24N2O3. The molecule has 1 saturated carbocycles. The maximum atomic E-state index is 12.8. The second-order valence-corrected chi connectivity index (χ2v) is 6.69. The molecule has 24 heavy (non-hydrogen) atoms. The summed E-state index contributed by atoms with van der Waals surface area (Å²) in [5.74, 6) is -0.933. The molecule has 1 heterocycles. The normalized spacial score (nSPS) is 24.9. The number of urea groups is 1. The van der Waals surface area contributed by atoms with E-state index in [2.05, 4.69) is 17.2 Å². The van der Waals surface area contributed by atoms with Gasteiger partial charge in [-0.1, -0.05) is 42.8 Å². The van der Waals surface area contributed by atoms with E-state index < -0.39 is 12.0 Å². The predicted molar refractivity (Wildman–Crippen MR) is 91.2 cm³/mol. The van der Waals surface area contributed by atoms with Gasteiger partial charge in [-0.3, -0.25) is 4.79 Å². The Balaban J connectivity index is 1.80. The minimum Gasteiger partial charge on any atom is -0.462 e. The first kappa shape index (κ1) is 16.6. The Kier molecular flexibility index (Phi) is 4.88. The molecule has 2 fully saturated rings. The van der Waals surface area contributed by atoms with Crippen LogP contribution < -0.4 is 10.6 Å². The largest absolute Gasteiger partial charge is 0.462 e. The highest BCUT2D eigenvalue weighted by atomic mass is 16.5. The number of rotatable bonds is 3. The zero-order valence-electron chi connectivity index (χ0n) is 14.0. The molecule has 5 heteroatoms. The zero-order valence-corrected chi connectivity index (χ0v) is 14.0. The maximum absolute atomic E-state index is 12.8. The van der Waals surface area contributed by atoms with Gasteiger partial charge in [-0.05, 0) is 38.2 Å². The molecule has 1 aromatic rings. The third-order valence-corrected chi connectivity index (χ3v) is 4.79. The summed E-state index contributed by atoms with van der Waals surface area (Å²) in [5, 5.41) is 5.45. The zero-order chi connectivity index (χ0) is 17.1. The highest BCUT2D eigenvalue weighted by molar-refractivity contribution is 5.85. The van der Waals surface area contributed by atoms with Crippen LogP contribution in [0.5, 0.6) is 0 Å². The van der Waals surface area contributed by atoms with E-state index in [0.717, 1.165) is 36.8 Å². The summed E-state index contributed by atoms with van der Waals surface area (Å²) in [6.45, 7) is 5.88. The lowest BCUT2D eigenvalue weighted by atomic mass is 9.88. The number of hydrogen-bond donors (Lipinski definition) is 2. The fraction of sp³-hybridized carbons (Fsp3) is 0.474. The Morgan fingerprint density at radius 2 is 1.83 bits per heavy atom. The maximum Gasteiger partial charge on any atom is 0.319 e. The SMILES string of the molecule is C=C1NC(=O)NC(c2ccc(C)cc2)C1C(=O)OC1CCCCC1. The molecule has 1 aromatic carbocycles. The lowest BCUT2D eigenvalue weighted by molar-refractivity contribution is -0.155. The van der Waals surface area contributed by atoms with Crippen molar-refractivity contribution in [2.24, 2.45) is 5.92 Å². The third-order valence-electron chi connectivity index (χ3n) is 4.79. The molecule has 0 radical (unpaired) electrons. The first-order valence-electron chi connectivity index (χ1n) is 8.58. The van der Waals surface area contributed by atoms with Gasteiger partial charge in [0.05, 0.1) is 6.04 Å². The molecule has 3 rings (SSSR count). The number of amides is 2. The summed E-state index contributed by atoms with van der Waals surface area (Å²) in [6, 6.07) is 7.00. The van der Waals surface area contributed by atoms with E-state index >= 15 is 0 Å². The van der Waals surface area contributed by atoms with Gasteiger partial charge in [-0.15, -0.1) is 0 Å². The van der Waals surface area contributed by atoms with Gasteiger partial charge in [0.2, 0.25) is 0 Å². The van der Waals surface area contributed by atoms with Gasteiger partial charge in [0.1, 0.15) is 12.0 Å². The number of nitrogens with one attached hydrogen (secondary N) is 2. The Morgan fingerprint density at radius 1 is 1.17 bits per heavy atom. The number of hydrogen-bond acceptors (Lipinski definition) is 3. The Hall–Kier alpha value is -2.30. The van der Waals surface area contributed by atoms with Crippen LogP contribution in [0.2, 0.25) is 0 Å². The molecule has 2 atom stereocenters. The molecular weight excluding hydrogens is 304 g/mol. The van der Waals surface area contributed by atoms with Crippen molar-refractivity contribution in [3.63, 3.8) is 0 Å². The summed E-state index contributed by atoms with van der Waals surface area (Å²) in [7, 11) is 0. The van der Waals surface area contributed by atoms with Crippen molar-refractivity contribution in [3.8, 4) is 0 Å². The van der Waals surface area contributed by atoms with Crippen LogP contribution in [0, 0.1) is 12.8 Å². The molecule has 5 nitrogen and oxygen atoms in total. The van der Waals surface area contributed by atoms with Crippen molar-refractivity contribution in [2.45, 2.75) is 51.2 Å². The molecule has 2 N–H and O–H groups in total. The summed E-state index contributed by atoms with van der Waals surface area (Å²) in [6.07, 6.45) is 5.21. The average molecular weight is 328 g/mol. The number of aryl methyl sites for hydroxylation is 1. The minimum absolute atomic E-state index is 0.0182. The monoisotopic (exact) mass is 328 g/mol. The van der Waals surface area contributed by atoms with E-state index in [1.807, 2.05) is 31.2 Å². The van der Waals surface area contributed by atoms with Gasteiger partial charge in [0.25, 0.3) is 0 Å². The predicted octanol–water partition coefficient (Wildman–Crippen LogP) is 3.35. The summed E-state index contributed by atoms with van der Waals surface area (Å²) in [5.41, 5.74) is 2.39. The van der Waals surface area contributed by atoms with Crippen LogP contribution in [-0.4, -0.2) is 18.1 Å². The molecule has 128 valence electrons. The van der Waals surface area contributed by atoms with Gasteiger partial charge in [-0.2, -0.15) is 0 Å². The van der Waals surface area contributed by atoms with Crippen molar-refractivity contribution in [1.82, 2.24) is 10.6 Å². The van der Waals surface area contributed by atoms with Crippen LogP contribution in [0.3, 0.4) is 0 Å². The van der Waals surface area contributed by atoms with Crippen molar-refractivity contribution < 1.29 is 14.3 Å². The topological polar surface area (TPSA) is 67.4 Å². The van der Waals surface area contributed by atoms with Gasteiger partial charge in [0.15, 0.2) is 0 Å². The molecule has 0 spiro atoms. The van der Waals surface area contributed by atoms with E-state index in [-0.39, 0.29) is 18.1 Å². The third kappa shape index (κ3) is 3.61. The minimum atomic E-state index is -0.618. The molecule has 2 unspecified atom stereocenters. The highest BCUT2D eigenvalue weighted by Gasteiger charge is 2.39. The fourth-order valence-corrected chi connectivity index (χ4v) is 3.43. The average Bonchev–Trinajstić information content (AvgIpc) is 2.55. The Bertz CT molecular complexity index is 633. The molecule has 0 bridgehead atoms. The van der Waals surface area contributed by atoms with E-state index in [1.165, 1.54) is 6.42 Å². The van der Waals surface area contributed by atoms with Crippen molar-refractivity contribution in [3.05, 3.63) is 47.7 Å². The van der Waals surface area contributed by atoms with Crippen molar-refractivity contribution in [1.29, 1.82) is 0 Å². The lowest BCUT2D eigenvalue weighted by Crippen LogP contribution is -2.51. The van der Waals surface area contributed by atoms with Gasteiger partial charge < -0.3 is 15.4 Å². The van der Waals surface area contributed by atoms with Crippen LogP contribution in [0.15, 0.2) is 36.5 Å². The Labute approximate surface area is 142 Å². The quantitative estimate of drug-likeness (QED) is 0.836. The standard InChI is InChI=1S/C19H24N2O3/c1-12-8-10-14(11-9-12)17-16(13(2)20-19(23)21-17)18(22)24-15-6-4-3-5-7-15/h8-11,15-17H,2-7H2,1H3,(H2,20,21,23). The van der Waals surface area contributed by atoms with Crippen LogP contribution in [0.1, 0.15) is 49.3 Å². The van der Waals surface area contributed by atoms with E-state index in [4.69, 9.17) is 4.74 Å². The molecule has 1 saturated heterocycles. The van der Waals surface area contributed by atoms with Crippen LogP contribution in [0.4, 0.5) is 4.79 Å². The lowest BCUT2D eigenvalue weighted by Gasteiger charge is -2.34. The van der Waals surface area contributed by atoms with E-state index in [1.54, 1.807) is 0 Å². The molecule has 2 amide bonds. The van der Waals surface area contributed by atoms with Crippen molar-refractivity contribution >= 4 is 12.0 Å². The molecule has 0 aromatic heterocycles. The first-order chi connectivity index (χ1) is 11.5. The number of esters is 1. The number of carbonyl (C=O) groups is 2. The van der Waals surface area contributed by atoms with Gasteiger partial charge >= 0.3 is 12.0 Å². The van der Waals surface area contributed by atoms with Crippen molar-refractivity contribution in [2.75, 3.05) is 0 Å². The summed E-state index contributed by atoms with van der Waals surface area (Å²) in [4.78, 5) is 24.6. The highest BCUT2D eigenvalue weighted by Crippen LogP contribution is 2.32. The van der Waals surface area contributed by atoms with Gasteiger partial charge in [-0.25, -0.2) is 4.79 Å².